The van der Waals surface area contributed by atoms with Crippen LogP contribution < -0.4 is 10.2 Å². The van der Waals surface area contributed by atoms with Crippen molar-refractivity contribution in [2.45, 2.75) is 31.7 Å². The highest BCUT2D eigenvalue weighted by Crippen LogP contribution is 2.26. The van der Waals surface area contributed by atoms with Crippen molar-refractivity contribution >= 4 is 11.9 Å². The van der Waals surface area contributed by atoms with E-state index in [1.54, 1.807) is 24.9 Å². The topological polar surface area (TPSA) is 87.4 Å². The molecule has 1 aliphatic heterocycles. The molecule has 1 amide bonds. The standard InChI is InChI=1S/C24H30N6O2/c1-29(2)24-27-16-19(22(28-24)18-9-11-25-12-10-18)23(31)26-17-20(21-8-7-15-32-21)30-13-5-3-4-6-14-30/h7-12,15-16,20H,3-6,13-14,17H2,1-2H3,(H,26,31). The lowest BCUT2D eigenvalue weighted by atomic mass is 10.1. The molecule has 1 saturated heterocycles. The Hall–Kier alpha value is -3.26. The van der Waals surface area contributed by atoms with E-state index in [9.17, 15) is 4.79 Å². The molecule has 8 nitrogen and oxygen atoms in total. The minimum Gasteiger partial charge on any atom is -0.468 e. The van der Waals surface area contributed by atoms with Gasteiger partial charge in [-0.1, -0.05) is 12.8 Å². The van der Waals surface area contributed by atoms with Gasteiger partial charge in [0.25, 0.3) is 5.91 Å². The number of nitrogens with zero attached hydrogens (tertiary/aromatic N) is 5. The molecule has 0 bridgehead atoms. The van der Waals surface area contributed by atoms with Gasteiger partial charge in [-0.25, -0.2) is 9.97 Å². The Bertz CT molecular complexity index is 999. The molecule has 4 heterocycles. The number of amides is 1. The Labute approximate surface area is 188 Å². The number of carbonyl (C=O) groups excluding carboxylic acids is 1. The molecule has 1 N–H and O–H groups in total. The van der Waals surface area contributed by atoms with Gasteiger partial charge in [-0.3, -0.25) is 14.7 Å². The van der Waals surface area contributed by atoms with E-state index in [4.69, 9.17) is 4.42 Å². The second-order valence-corrected chi connectivity index (χ2v) is 8.25. The number of likely N-dealkylation sites (tertiary alicyclic amines) is 1. The van der Waals surface area contributed by atoms with Gasteiger partial charge < -0.3 is 14.6 Å². The highest BCUT2D eigenvalue weighted by atomic mass is 16.3. The third kappa shape index (κ3) is 5.13. The molecule has 1 unspecified atom stereocenters. The van der Waals surface area contributed by atoms with Crippen molar-refractivity contribution in [2.75, 3.05) is 38.6 Å². The minimum absolute atomic E-state index is 0.00149. The number of anilines is 1. The van der Waals surface area contributed by atoms with Crippen molar-refractivity contribution in [1.82, 2.24) is 25.2 Å². The van der Waals surface area contributed by atoms with Crippen LogP contribution in [0.5, 0.6) is 0 Å². The zero-order chi connectivity index (χ0) is 22.3. The maximum Gasteiger partial charge on any atom is 0.255 e. The summed E-state index contributed by atoms with van der Waals surface area (Å²) < 4.78 is 5.73. The van der Waals surface area contributed by atoms with Gasteiger partial charge in [0.2, 0.25) is 5.95 Å². The fraction of sp³-hybridized carbons (Fsp3) is 0.417. The normalized spacial score (nSPS) is 15.7. The largest absolute Gasteiger partial charge is 0.468 e. The fourth-order valence-electron chi connectivity index (χ4n) is 4.07. The highest BCUT2D eigenvalue weighted by Gasteiger charge is 2.25. The second-order valence-electron chi connectivity index (χ2n) is 8.25. The number of furan rings is 1. The summed E-state index contributed by atoms with van der Waals surface area (Å²) in [6.45, 7) is 2.46. The number of hydrogen-bond donors (Lipinski definition) is 1. The maximum atomic E-state index is 13.3. The third-order valence-corrected chi connectivity index (χ3v) is 5.78. The maximum absolute atomic E-state index is 13.3. The molecule has 3 aromatic rings. The number of pyridine rings is 1. The van der Waals surface area contributed by atoms with Crippen LogP contribution in [0.25, 0.3) is 11.3 Å². The molecule has 0 saturated carbocycles. The van der Waals surface area contributed by atoms with Crippen LogP contribution in [-0.2, 0) is 0 Å². The molecular formula is C24H30N6O2. The van der Waals surface area contributed by atoms with Crippen molar-refractivity contribution in [1.29, 1.82) is 0 Å². The van der Waals surface area contributed by atoms with Crippen LogP contribution in [0.3, 0.4) is 0 Å². The lowest BCUT2D eigenvalue weighted by Gasteiger charge is -2.29. The summed E-state index contributed by atoms with van der Waals surface area (Å²) >= 11 is 0. The van der Waals surface area contributed by atoms with Crippen LogP contribution in [0, 0.1) is 0 Å². The van der Waals surface area contributed by atoms with Gasteiger partial charge in [0.15, 0.2) is 0 Å². The summed E-state index contributed by atoms with van der Waals surface area (Å²) in [4.78, 5) is 30.6. The minimum atomic E-state index is -0.200. The van der Waals surface area contributed by atoms with Crippen LogP contribution >= 0.6 is 0 Å². The van der Waals surface area contributed by atoms with Crippen molar-refractivity contribution < 1.29 is 9.21 Å². The molecule has 168 valence electrons. The molecule has 1 atom stereocenters. The molecule has 4 rings (SSSR count). The molecule has 0 aromatic carbocycles. The Morgan fingerprint density at radius 3 is 2.56 bits per heavy atom. The number of carbonyl (C=O) groups is 1. The second kappa shape index (κ2) is 10.4. The first-order chi connectivity index (χ1) is 15.6. The van der Waals surface area contributed by atoms with Crippen molar-refractivity contribution in [2.24, 2.45) is 0 Å². The lowest BCUT2D eigenvalue weighted by molar-refractivity contribution is 0.0927. The highest BCUT2D eigenvalue weighted by molar-refractivity contribution is 5.99. The van der Waals surface area contributed by atoms with Gasteiger partial charge in [0, 0.05) is 44.8 Å². The van der Waals surface area contributed by atoms with E-state index in [1.165, 1.54) is 12.8 Å². The molecule has 0 radical (unpaired) electrons. The number of hydrogen-bond acceptors (Lipinski definition) is 7. The average molecular weight is 435 g/mol. The van der Waals surface area contributed by atoms with Gasteiger partial charge in [-0.15, -0.1) is 0 Å². The van der Waals surface area contributed by atoms with Gasteiger partial charge in [0.1, 0.15) is 5.76 Å². The van der Waals surface area contributed by atoms with E-state index in [0.717, 1.165) is 37.3 Å². The van der Waals surface area contributed by atoms with E-state index in [-0.39, 0.29) is 11.9 Å². The van der Waals surface area contributed by atoms with E-state index in [2.05, 4.69) is 25.2 Å². The van der Waals surface area contributed by atoms with Crippen LogP contribution in [0.2, 0.25) is 0 Å². The zero-order valence-electron chi connectivity index (χ0n) is 18.7. The van der Waals surface area contributed by atoms with Gasteiger partial charge >= 0.3 is 0 Å². The van der Waals surface area contributed by atoms with Crippen LogP contribution in [0.4, 0.5) is 5.95 Å². The van der Waals surface area contributed by atoms with E-state index in [0.29, 0.717) is 23.8 Å². The lowest BCUT2D eigenvalue weighted by Crippen LogP contribution is -2.38. The molecule has 0 aliphatic carbocycles. The summed E-state index contributed by atoms with van der Waals surface area (Å²) in [7, 11) is 3.75. The summed E-state index contributed by atoms with van der Waals surface area (Å²) in [5, 5.41) is 3.11. The Morgan fingerprint density at radius 2 is 1.91 bits per heavy atom. The monoisotopic (exact) mass is 434 g/mol. The van der Waals surface area contributed by atoms with Crippen molar-refractivity contribution in [3.8, 4) is 11.3 Å². The molecule has 1 fully saturated rings. The molecule has 0 spiro atoms. The van der Waals surface area contributed by atoms with E-state index < -0.39 is 0 Å². The smallest absolute Gasteiger partial charge is 0.255 e. The summed E-state index contributed by atoms with van der Waals surface area (Å²) in [5.41, 5.74) is 1.86. The first kappa shape index (κ1) is 22.0. The number of aromatic nitrogens is 3. The summed E-state index contributed by atoms with van der Waals surface area (Å²) in [6, 6.07) is 7.58. The van der Waals surface area contributed by atoms with Crippen LogP contribution in [0.15, 0.2) is 53.5 Å². The molecule has 1 aliphatic rings. The van der Waals surface area contributed by atoms with Crippen molar-refractivity contribution in [3.05, 3.63) is 60.4 Å². The average Bonchev–Trinajstić information content (AvgIpc) is 3.22. The van der Waals surface area contributed by atoms with Gasteiger partial charge in [-0.2, -0.15) is 0 Å². The molecule has 8 heteroatoms. The quantitative estimate of drug-likeness (QED) is 0.608. The SMILES string of the molecule is CN(C)c1ncc(C(=O)NCC(c2ccco2)N2CCCCCC2)c(-c2ccncc2)n1. The fourth-order valence-corrected chi connectivity index (χ4v) is 4.07. The Morgan fingerprint density at radius 1 is 1.16 bits per heavy atom. The molecule has 3 aromatic heterocycles. The first-order valence-corrected chi connectivity index (χ1v) is 11.1. The van der Waals surface area contributed by atoms with Gasteiger partial charge in [0.05, 0.1) is 23.6 Å². The zero-order valence-corrected chi connectivity index (χ0v) is 18.7. The number of rotatable bonds is 7. The van der Waals surface area contributed by atoms with Crippen LogP contribution in [0.1, 0.15) is 47.8 Å². The molecular weight excluding hydrogens is 404 g/mol. The molecule has 32 heavy (non-hydrogen) atoms. The Balaban J connectivity index is 1.57. The predicted molar refractivity (Wildman–Crippen MR) is 123 cm³/mol. The van der Waals surface area contributed by atoms with Crippen molar-refractivity contribution in [3.63, 3.8) is 0 Å². The van der Waals surface area contributed by atoms with Crippen LogP contribution in [-0.4, -0.2) is 59.5 Å². The number of nitrogens with one attached hydrogen (secondary N) is 1. The summed E-state index contributed by atoms with van der Waals surface area (Å²) in [5.74, 6) is 1.22. The third-order valence-electron chi connectivity index (χ3n) is 5.78. The predicted octanol–water partition coefficient (Wildman–Crippen LogP) is 3.54. The van der Waals surface area contributed by atoms with E-state index >= 15 is 0 Å². The van der Waals surface area contributed by atoms with Gasteiger partial charge in [-0.05, 0) is 50.2 Å². The first-order valence-electron chi connectivity index (χ1n) is 11.1. The summed E-state index contributed by atoms with van der Waals surface area (Å²) in [6.07, 6.45) is 11.5. The Kier molecular flexibility index (Phi) is 7.11. The van der Waals surface area contributed by atoms with E-state index in [1.807, 2.05) is 43.3 Å².